The molecule has 16 heteroatoms. The quantitative estimate of drug-likeness (QED) is 0.106. The first kappa shape index (κ1) is 39.3. The number of esters is 1. The molecule has 2 aliphatic heterocycles. The van der Waals surface area contributed by atoms with Gasteiger partial charge < -0.3 is 9.47 Å². The predicted octanol–water partition coefficient (Wildman–Crippen LogP) is 8.47. The molecule has 4 heterocycles. The van der Waals surface area contributed by atoms with Crippen molar-refractivity contribution in [1.82, 2.24) is 24.1 Å². The van der Waals surface area contributed by atoms with Crippen LogP contribution in [0.4, 0.5) is 35.5 Å². The number of carbonyl (C=O) groups is 2. The molecule has 3 aliphatic rings. The summed E-state index contributed by atoms with van der Waals surface area (Å²) in [5.74, 6) is -0.632. The minimum atomic E-state index is -5.05. The molecule has 1 aliphatic carbocycles. The molecule has 56 heavy (non-hydrogen) atoms. The van der Waals surface area contributed by atoms with Crippen molar-refractivity contribution in [2.45, 2.75) is 83.1 Å². The molecule has 0 radical (unpaired) electrons. The number of likely N-dealkylation sites (N-methyl/N-ethyl adjacent to an activating group) is 1. The summed E-state index contributed by atoms with van der Waals surface area (Å²) in [6.45, 7) is 7.74. The maximum Gasteiger partial charge on any atom is 0.421 e. The highest BCUT2D eigenvalue weighted by atomic mass is 19.4. The molecule has 2 aromatic heterocycles. The Balaban J connectivity index is 1.35. The van der Waals surface area contributed by atoms with Crippen LogP contribution < -0.4 is 0 Å². The van der Waals surface area contributed by atoms with Gasteiger partial charge in [-0.05, 0) is 94.7 Å². The molecule has 0 amide bonds. The summed E-state index contributed by atoms with van der Waals surface area (Å²) in [4.78, 5) is 28.8. The fourth-order valence-corrected chi connectivity index (χ4v) is 8.50. The van der Waals surface area contributed by atoms with Gasteiger partial charge in [0.25, 0.3) is 0 Å². The highest BCUT2D eigenvalue weighted by Gasteiger charge is 2.56. The van der Waals surface area contributed by atoms with Gasteiger partial charge in [0.1, 0.15) is 0 Å². The van der Waals surface area contributed by atoms with E-state index in [0.717, 1.165) is 21.9 Å². The van der Waals surface area contributed by atoms with E-state index in [9.17, 15) is 35.9 Å². The van der Waals surface area contributed by atoms with Crippen LogP contribution in [0.5, 0.6) is 0 Å². The SMILES string of the molecule is CCc1cccc2c1-n1nc3c(c1C1(C)C2=CC(C)(F)c2c1ccn2C(=O)OCOC(=O)CN(C)C)CN(Cc1ccc(C(F)(F)F)cc1C(F)(F)F)C3(C)C. The maximum atomic E-state index is 17.2. The Kier molecular flexibility index (Phi) is 9.15. The number of aromatic nitrogens is 3. The smallest absolute Gasteiger partial charge is 0.421 e. The number of para-hydroxylation sites is 1. The van der Waals surface area contributed by atoms with Crippen LogP contribution in [0.3, 0.4) is 0 Å². The number of allylic oxidation sites excluding steroid dienone is 2. The topological polar surface area (TPSA) is 81.8 Å². The Morgan fingerprint density at radius 1 is 0.929 bits per heavy atom. The second-order valence-corrected chi connectivity index (χ2v) is 15.5. The lowest BCUT2D eigenvalue weighted by molar-refractivity contribution is -0.152. The summed E-state index contributed by atoms with van der Waals surface area (Å²) in [6.07, 6.45) is -7.56. The lowest BCUT2D eigenvalue weighted by atomic mass is 9.62. The molecule has 2 unspecified atom stereocenters. The Bertz CT molecular complexity index is 2300. The molecule has 2 aromatic carbocycles. The van der Waals surface area contributed by atoms with Gasteiger partial charge in [0.2, 0.25) is 6.79 Å². The van der Waals surface area contributed by atoms with Crippen molar-refractivity contribution in [2.24, 2.45) is 0 Å². The third kappa shape index (κ3) is 6.12. The number of carbonyl (C=O) groups excluding carboxylic acids is 2. The van der Waals surface area contributed by atoms with Crippen LogP contribution in [0.25, 0.3) is 11.3 Å². The predicted molar refractivity (Wildman–Crippen MR) is 190 cm³/mol. The van der Waals surface area contributed by atoms with Crippen molar-refractivity contribution in [3.8, 4) is 5.69 Å². The van der Waals surface area contributed by atoms with Crippen molar-refractivity contribution in [1.29, 1.82) is 0 Å². The van der Waals surface area contributed by atoms with Crippen LogP contribution in [-0.2, 0) is 62.8 Å². The van der Waals surface area contributed by atoms with E-state index in [2.05, 4.69) is 0 Å². The van der Waals surface area contributed by atoms with E-state index < -0.39 is 59.0 Å². The molecule has 7 rings (SSSR count). The summed E-state index contributed by atoms with van der Waals surface area (Å²) in [6, 6.07) is 8.98. The number of fused-ring (bicyclic) bond motifs is 10. The average Bonchev–Trinajstić information content (AvgIpc) is 3.78. The van der Waals surface area contributed by atoms with Gasteiger partial charge in [0.05, 0.1) is 51.4 Å². The average molecular weight is 788 g/mol. The largest absolute Gasteiger partial charge is 0.427 e. The van der Waals surface area contributed by atoms with Gasteiger partial charge in [-0.1, -0.05) is 31.2 Å². The van der Waals surface area contributed by atoms with Gasteiger partial charge in [0.15, 0.2) is 5.67 Å². The standard InChI is InChI=1S/C40H40F7N5O4/c1-8-22-10-9-11-25-29-17-37(4,41)34-27(14-15-51(34)35(54)56-21-55-30(53)20-49(6)7)38(29,5)33-26-19-50(36(2,3)32(26)48-52(33)31(22)25)18-23-12-13-24(39(42,43)44)16-28(23)40(45,46)47/h9-17H,8,18-21H2,1-7H3. The van der Waals surface area contributed by atoms with Gasteiger partial charge in [-0.25, -0.2) is 13.9 Å². The van der Waals surface area contributed by atoms with Gasteiger partial charge in [0, 0.05) is 30.4 Å². The van der Waals surface area contributed by atoms with Crippen LogP contribution in [0.15, 0.2) is 54.7 Å². The van der Waals surface area contributed by atoms with E-state index in [1.807, 2.05) is 36.7 Å². The number of nitrogens with zero attached hydrogens (tertiary/aromatic N) is 5. The van der Waals surface area contributed by atoms with E-state index in [4.69, 9.17) is 14.6 Å². The number of aryl methyl sites for hydroxylation is 1. The lowest BCUT2D eigenvalue weighted by Crippen LogP contribution is -2.42. The Hall–Kier alpha value is -4.96. The Morgan fingerprint density at radius 2 is 1.64 bits per heavy atom. The zero-order valence-electron chi connectivity index (χ0n) is 31.7. The fourth-order valence-electron chi connectivity index (χ4n) is 8.50. The molecule has 298 valence electrons. The second-order valence-electron chi connectivity index (χ2n) is 15.5. The molecule has 4 aromatic rings. The van der Waals surface area contributed by atoms with Crippen LogP contribution in [0, 0.1) is 0 Å². The van der Waals surface area contributed by atoms with Crippen LogP contribution in [0.1, 0.15) is 90.6 Å². The number of hydrogen-bond donors (Lipinski definition) is 0. The van der Waals surface area contributed by atoms with Gasteiger partial charge in [-0.2, -0.15) is 31.4 Å². The minimum Gasteiger partial charge on any atom is -0.427 e. The van der Waals surface area contributed by atoms with E-state index in [0.29, 0.717) is 46.1 Å². The zero-order chi connectivity index (χ0) is 40.9. The molecule has 0 fully saturated rings. The number of rotatable bonds is 7. The molecule has 0 saturated carbocycles. The van der Waals surface area contributed by atoms with E-state index >= 15 is 4.39 Å². The van der Waals surface area contributed by atoms with E-state index in [1.165, 1.54) is 19.2 Å². The molecule has 0 bridgehead atoms. The molecule has 0 spiro atoms. The summed E-state index contributed by atoms with van der Waals surface area (Å²) in [5, 5.41) is 5.14. The number of alkyl halides is 7. The molecule has 9 nitrogen and oxygen atoms in total. The number of hydrogen-bond acceptors (Lipinski definition) is 7. The van der Waals surface area contributed by atoms with Gasteiger partial charge in [-0.3, -0.25) is 19.2 Å². The summed E-state index contributed by atoms with van der Waals surface area (Å²) in [5.41, 5.74) is -2.36. The highest BCUT2D eigenvalue weighted by molar-refractivity contribution is 5.90. The van der Waals surface area contributed by atoms with Crippen molar-refractivity contribution >= 4 is 17.6 Å². The normalized spacial score (nSPS) is 21.2. The number of benzene rings is 2. The summed E-state index contributed by atoms with van der Waals surface area (Å²) >= 11 is 0. The van der Waals surface area contributed by atoms with Crippen LogP contribution in [0.2, 0.25) is 0 Å². The van der Waals surface area contributed by atoms with Crippen molar-refractivity contribution in [2.75, 3.05) is 27.4 Å². The highest BCUT2D eigenvalue weighted by Crippen LogP contribution is 2.60. The Morgan fingerprint density at radius 3 is 2.29 bits per heavy atom. The molecule has 0 saturated heterocycles. The maximum absolute atomic E-state index is 17.2. The first-order valence-corrected chi connectivity index (χ1v) is 17.9. The second kappa shape index (κ2) is 13.0. The lowest BCUT2D eigenvalue weighted by Gasteiger charge is -2.45. The third-order valence-corrected chi connectivity index (χ3v) is 11.2. The third-order valence-electron chi connectivity index (χ3n) is 11.2. The first-order valence-electron chi connectivity index (χ1n) is 17.9. The van der Waals surface area contributed by atoms with Crippen molar-refractivity contribution < 1.29 is 49.8 Å². The zero-order valence-corrected chi connectivity index (χ0v) is 31.7. The van der Waals surface area contributed by atoms with E-state index in [-0.39, 0.29) is 37.0 Å². The summed E-state index contributed by atoms with van der Waals surface area (Å²) < 4.78 is 114. The number of ether oxygens (including phenoxy) is 2. The molecule has 0 N–H and O–H groups in total. The first-order chi connectivity index (χ1) is 26.0. The molecular formula is C40H40F7N5O4. The summed E-state index contributed by atoms with van der Waals surface area (Å²) in [7, 11) is 3.33. The van der Waals surface area contributed by atoms with Gasteiger partial charge in [-0.15, -0.1) is 0 Å². The van der Waals surface area contributed by atoms with Gasteiger partial charge >= 0.3 is 24.4 Å². The monoisotopic (exact) mass is 787 g/mol. The molecule has 2 atom stereocenters. The molecular weight excluding hydrogens is 747 g/mol. The van der Waals surface area contributed by atoms with Crippen molar-refractivity contribution in [3.63, 3.8) is 0 Å². The Labute approximate surface area is 318 Å². The van der Waals surface area contributed by atoms with E-state index in [1.54, 1.807) is 43.8 Å². The fraction of sp³-hybridized carbons (Fsp3) is 0.425. The van der Waals surface area contributed by atoms with Crippen LogP contribution >= 0.6 is 0 Å². The van der Waals surface area contributed by atoms with Crippen molar-refractivity contribution in [3.05, 3.63) is 111 Å². The van der Waals surface area contributed by atoms with Crippen LogP contribution in [-0.4, -0.2) is 63.6 Å². The minimum absolute atomic E-state index is 0.0290. The number of halogens is 7.